The van der Waals surface area contributed by atoms with Crippen LogP contribution in [0.15, 0.2) is 16.0 Å². The maximum absolute atomic E-state index is 4.61. The summed E-state index contributed by atoms with van der Waals surface area (Å²) in [5.74, 6) is 1.42. The predicted octanol–water partition coefficient (Wildman–Crippen LogP) is 3.70. The summed E-state index contributed by atoms with van der Waals surface area (Å²) in [4.78, 5) is 13.3. The molecule has 0 atom stereocenters. The molecule has 0 bridgehead atoms. The molecule has 6 heteroatoms. The van der Waals surface area contributed by atoms with E-state index >= 15 is 0 Å². The molecule has 2 rings (SSSR count). The van der Waals surface area contributed by atoms with E-state index in [9.17, 15) is 0 Å². The zero-order valence-corrected chi connectivity index (χ0v) is 13.2. The third-order valence-corrected chi connectivity index (χ3v) is 4.20. The molecule has 0 aromatic carbocycles. The Morgan fingerprint density at radius 1 is 1.28 bits per heavy atom. The topological polar surface area (TPSA) is 50.7 Å². The molecule has 0 saturated carbocycles. The fourth-order valence-corrected chi connectivity index (χ4v) is 2.66. The van der Waals surface area contributed by atoms with Crippen molar-refractivity contribution in [3.8, 4) is 11.5 Å². The summed E-state index contributed by atoms with van der Waals surface area (Å²) in [5.41, 5.74) is 0.887. The molecule has 0 spiro atoms. The van der Waals surface area contributed by atoms with E-state index in [4.69, 9.17) is 0 Å². The number of nitrogens with zero attached hydrogens (tertiary/aromatic N) is 3. The number of anilines is 1. The minimum absolute atomic E-state index is 0.0596. The van der Waals surface area contributed by atoms with Crippen LogP contribution in [0.1, 0.15) is 25.8 Å². The van der Waals surface area contributed by atoms with Gasteiger partial charge < -0.3 is 5.32 Å². The molecule has 2 aromatic rings. The molecule has 96 valence electrons. The van der Waals surface area contributed by atoms with Crippen molar-refractivity contribution >= 4 is 33.1 Å². The molecule has 0 radical (unpaired) electrons. The zero-order valence-electron chi connectivity index (χ0n) is 10.8. The number of halogens is 1. The molecule has 2 heterocycles. The Kier molecular flexibility index (Phi) is 3.68. The fourth-order valence-electron chi connectivity index (χ4n) is 1.39. The average molecular weight is 327 g/mol. The Labute approximate surface area is 119 Å². The second-order valence-corrected chi connectivity index (χ2v) is 6.64. The molecule has 0 fully saturated rings. The van der Waals surface area contributed by atoms with E-state index in [1.165, 1.54) is 0 Å². The highest BCUT2D eigenvalue weighted by Gasteiger charge is 2.19. The van der Waals surface area contributed by atoms with Gasteiger partial charge in [0.1, 0.15) is 11.5 Å². The van der Waals surface area contributed by atoms with E-state index in [-0.39, 0.29) is 5.41 Å². The number of hydrogen-bond donors (Lipinski definition) is 1. The highest BCUT2D eigenvalue weighted by molar-refractivity contribution is 9.10. The Hall–Kier alpha value is -1.01. The highest BCUT2D eigenvalue weighted by Crippen LogP contribution is 2.29. The van der Waals surface area contributed by atoms with Crippen LogP contribution in [0.5, 0.6) is 0 Å². The van der Waals surface area contributed by atoms with Gasteiger partial charge in [-0.1, -0.05) is 20.8 Å². The summed E-state index contributed by atoms with van der Waals surface area (Å²) in [6.45, 7) is 6.45. The summed E-state index contributed by atoms with van der Waals surface area (Å²) in [6.07, 6.45) is 1.74. The normalized spacial score (nSPS) is 11.6. The van der Waals surface area contributed by atoms with Crippen molar-refractivity contribution in [3.63, 3.8) is 0 Å². The van der Waals surface area contributed by atoms with Gasteiger partial charge in [0.25, 0.3) is 0 Å². The van der Waals surface area contributed by atoms with Crippen molar-refractivity contribution in [3.05, 3.63) is 21.1 Å². The van der Waals surface area contributed by atoms with E-state index in [1.54, 1.807) is 17.5 Å². The third kappa shape index (κ3) is 2.70. The molecule has 1 N–H and O–H groups in total. The van der Waals surface area contributed by atoms with Gasteiger partial charge in [-0.25, -0.2) is 15.0 Å². The first-order chi connectivity index (χ1) is 8.41. The van der Waals surface area contributed by atoms with Gasteiger partial charge in [0.15, 0.2) is 5.82 Å². The SMILES string of the molecule is CNc1nc(-c2csc(C(C)(C)C)n2)ncc1Br. The molecule has 4 nitrogen and oxygen atoms in total. The van der Waals surface area contributed by atoms with Crippen molar-refractivity contribution < 1.29 is 0 Å². The monoisotopic (exact) mass is 326 g/mol. The fraction of sp³-hybridized carbons (Fsp3) is 0.417. The molecule has 0 saturated heterocycles. The summed E-state index contributed by atoms with van der Waals surface area (Å²) < 4.78 is 0.847. The molecule has 0 aliphatic rings. The van der Waals surface area contributed by atoms with Gasteiger partial charge in [0.2, 0.25) is 0 Å². The molecule has 2 aromatic heterocycles. The minimum atomic E-state index is 0.0596. The van der Waals surface area contributed by atoms with Crippen molar-refractivity contribution in [1.29, 1.82) is 0 Å². The maximum atomic E-state index is 4.61. The van der Waals surface area contributed by atoms with Crippen LogP contribution >= 0.6 is 27.3 Å². The van der Waals surface area contributed by atoms with Crippen molar-refractivity contribution in [2.45, 2.75) is 26.2 Å². The second-order valence-electron chi connectivity index (χ2n) is 4.93. The number of thiazole rings is 1. The van der Waals surface area contributed by atoms with Gasteiger partial charge in [0.05, 0.1) is 9.48 Å². The number of rotatable bonds is 2. The lowest BCUT2D eigenvalue weighted by Gasteiger charge is -2.13. The summed E-state index contributed by atoms with van der Waals surface area (Å²) >= 11 is 5.04. The quantitative estimate of drug-likeness (QED) is 0.914. The van der Waals surface area contributed by atoms with E-state index in [0.29, 0.717) is 5.82 Å². The van der Waals surface area contributed by atoms with Crippen LogP contribution in [0.25, 0.3) is 11.5 Å². The zero-order chi connectivity index (χ0) is 13.3. The van der Waals surface area contributed by atoms with Gasteiger partial charge >= 0.3 is 0 Å². The number of nitrogens with one attached hydrogen (secondary N) is 1. The number of hydrogen-bond acceptors (Lipinski definition) is 5. The van der Waals surface area contributed by atoms with Crippen molar-refractivity contribution in [2.24, 2.45) is 0 Å². The lowest BCUT2D eigenvalue weighted by molar-refractivity contribution is 0.586. The molecular formula is C12H15BrN4S. The van der Waals surface area contributed by atoms with Crippen LogP contribution in [0, 0.1) is 0 Å². The second kappa shape index (κ2) is 4.93. The van der Waals surface area contributed by atoms with E-state index in [1.807, 2.05) is 12.4 Å². The molecule has 0 aliphatic carbocycles. The Morgan fingerprint density at radius 2 is 2.00 bits per heavy atom. The van der Waals surface area contributed by atoms with Crippen LogP contribution in [-0.2, 0) is 5.41 Å². The summed E-state index contributed by atoms with van der Waals surface area (Å²) in [6, 6.07) is 0. The summed E-state index contributed by atoms with van der Waals surface area (Å²) in [7, 11) is 1.83. The first-order valence-electron chi connectivity index (χ1n) is 5.58. The Bertz CT molecular complexity index is 559. The largest absolute Gasteiger partial charge is 0.372 e. The van der Waals surface area contributed by atoms with Crippen molar-refractivity contribution in [1.82, 2.24) is 15.0 Å². The smallest absolute Gasteiger partial charge is 0.181 e. The van der Waals surface area contributed by atoms with Gasteiger partial charge in [-0.2, -0.15) is 0 Å². The predicted molar refractivity (Wildman–Crippen MR) is 79.1 cm³/mol. The van der Waals surface area contributed by atoms with Crippen LogP contribution in [0.3, 0.4) is 0 Å². The maximum Gasteiger partial charge on any atom is 0.181 e. The van der Waals surface area contributed by atoms with E-state index in [0.717, 1.165) is 21.0 Å². The lowest BCUT2D eigenvalue weighted by atomic mass is 9.98. The standard InChI is InChI=1S/C12H15BrN4S/c1-12(2,3)11-16-8(6-18-11)10-15-5-7(13)9(14-4)17-10/h5-6H,1-4H3,(H,14,15,17). The van der Waals surface area contributed by atoms with Gasteiger partial charge in [-0.3, -0.25) is 0 Å². The highest BCUT2D eigenvalue weighted by atomic mass is 79.9. The molecule has 0 amide bonds. The Morgan fingerprint density at radius 3 is 2.56 bits per heavy atom. The average Bonchev–Trinajstić information content (AvgIpc) is 2.78. The summed E-state index contributed by atoms with van der Waals surface area (Å²) in [5, 5.41) is 6.12. The van der Waals surface area contributed by atoms with E-state index < -0.39 is 0 Å². The molecular weight excluding hydrogens is 312 g/mol. The van der Waals surface area contributed by atoms with Gasteiger partial charge in [-0.05, 0) is 15.9 Å². The molecule has 0 aliphatic heterocycles. The van der Waals surface area contributed by atoms with Gasteiger partial charge in [0, 0.05) is 24.0 Å². The van der Waals surface area contributed by atoms with E-state index in [2.05, 4.69) is 57.0 Å². The minimum Gasteiger partial charge on any atom is -0.372 e. The van der Waals surface area contributed by atoms with Crippen LogP contribution < -0.4 is 5.32 Å². The van der Waals surface area contributed by atoms with Crippen molar-refractivity contribution in [2.75, 3.05) is 12.4 Å². The first-order valence-corrected chi connectivity index (χ1v) is 7.26. The Balaban J connectivity index is 2.40. The molecule has 0 unspecified atom stereocenters. The van der Waals surface area contributed by atoms with Crippen LogP contribution in [0.2, 0.25) is 0 Å². The third-order valence-electron chi connectivity index (χ3n) is 2.36. The van der Waals surface area contributed by atoms with Crippen LogP contribution in [-0.4, -0.2) is 22.0 Å². The first kappa shape index (κ1) is 13.4. The number of aromatic nitrogens is 3. The van der Waals surface area contributed by atoms with Gasteiger partial charge in [-0.15, -0.1) is 11.3 Å². The molecule has 18 heavy (non-hydrogen) atoms. The van der Waals surface area contributed by atoms with Crippen LogP contribution in [0.4, 0.5) is 5.82 Å². The lowest BCUT2D eigenvalue weighted by Crippen LogP contribution is -2.10.